The predicted molar refractivity (Wildman–Crippen MR) is 95.3 cm³/mol. The summed E-state index contributed by atoms with van der Waals surface area (Å²) in [7, 11) is 0. The first-order chi connectivity index (χ1) is 12.5. The fourth-order valence-corrected chi connectivity index (χ4v) is 2.00. The van der Waals surface area contributed by atoms with E-state index in [-0.39, 0.29) is 5.92 Å². The fraction of sp³-hybridized carbons (Fsp3) is 0.750. The molecule has 0 aliphatic rings. The van der Waals surface area contributed by atoms with Crippen LogP contribution in [0.1, 0.15) is 34.1 Å². The molecule has 156 valence electrons. The maximum absolute atomic E-state index is 12.3. The molecule has 0 heterocycles. The molecule has 6 atom stereocenters. The van der Waals surface area contributed by atoms with Gasteiger partial charge in [-0.05, 0) is 19.8 Å². The lowest BCUT2D eigenvalue weighted by Gasteiger charge is -2.26. The maximum Gasteiger partial charge on any atom is 0.325 e. The van der Waals surface area contributed by atoms with Gasteiger partial charge in [0.25, 0.3) is 0 Å². The first-order valence-corrected chi connectivity index (χ1v) is 8.64. The molecule has 6 unspecified atom stereocenters. The second-order valence-electron chi connectivity index (χ2n) is 6.45. The van der Waals surface area contributed by atoms with Crippen LogP contribution in [-0.2, 0) is 19.2 Å². The van der Waals surface area contributed by atoms with E-state index in [0.717, 1.165) is 0 Å². The third-order valence-corrected chi connectivity index (χ3v) is 4.17. The van der Waals surface area contributed by atoms with Gasteiger partial charge < -0.3 is 37.0 Å². The summed E-state index contributed by atoms with van der Waals surface area (Å²) >= 11 is 0. The number of carboxylic acids is 1. The van der Waals surface area contributed by atoms with Crippen molar-refractivity contribution in [2.24, 2.45) is 11.7 Å². The zero-order valence-electron chi connectivity index (χ0n) is 15.9. The summed E-state index contributed by atoms with van der Waals surface area (Å²) in [4.78, 5) is 47.2. The molecule has 8 N–H and O–H groups in total. The van der Waals surface area contributed by atoms with Crippen molar-refractivity contribution >= 4 is 23.7 Å². The Morgan fingerprint density at radius 3 is 1.93 bits per heavy atom. The Morgan fingerprint density at radius 2 is 1.52 bits per heavy atom. The molecule has 11 heteroatoms. The second kappa shape index (κ2) is 11.5. The van der Waals surface area contributed by atoms with Gasteiger partial charge in [0.05, 0.1) is 18.8 Å². The Hall–Kier alpha value is -2.24. The maximum atomic E-state index is 12.3. The van der Waals surface area contributed by atoms with E-state index in [1.165, 1.54) is 13.8 Å². The summed E-state index contributed by atoms with van der Waals surface area (Å²) in [5, 5.41) is 34.5. The lowest BCUT2D eigenvalue weighted by atomic mass is 9.99. The number of carboxylic acid groups (broad SMARTS) is 1. The first-order valence-electron chi connectivity index (χ1n) is 8.64. The highest BCUT2D eigenvalue weighted by atomic mass is 16.4. The molecule has 0 bridgehead atoms. The normalized spacial score (nSPS) is 17.6. The fourth-order valence-electron chi connectivity index (χ4n) is 2.00. The Bertz CT molecular complexity index is 541. The SMILES string of the molecule is CCC(C)C(N)C(=O)NC(CO)C(=O)NC(C(=O)NC(C)C(=O)O)C(C)O. The summed E-state index contributed by atoms with van der Waals surface area (Å²) in [5.74, 6) is -3.94. The standard InChI is InChI=1S/C16H30N4O7/c1-5-7(2)11(17)14(24)19-10(6-21)13(23)20-12(9(4)22)15(25)18-8(3)16(26)27/h7-12,21-22H,5-6,17H2,1-4H3,(H,18,25)(H,19,24)(H,20,23)(H,26,27). The van der Waals surface area contributed by atoms with E-state index in [0.29, 0.717) is 6.42 Å². The Balaban J connectivity index is 5.05. The number of aliphatic hydroxyl groups is 2. The van der Waals surface area contributed by atoms with Gasteiger partial charge in [0.1, 0.15) is 18.1 Å². The molecular formula is C16H30N4O7. The predicted octanol–water partition coefficient (Wildman–Crippen LogP) is -2.71. The monoisotopic (exact) mass is 390 g/mol. The van der Waals surface area contributed by atoms with Gasteiger partial charge in [-0.3, -0.25) is 19.2 Å². The van der Waals surface area contributed by atoms with Crippen LogP contribution in [0, 0.1) is 5.92 Å². The van der Waals surface area contributed by atoms with Crippen LogP contribution in [0.5, 0.6) is 0 Å². The lowest BCUT2D eigenvalue weighted by Crippen LogP contribution is -2.60. The van der Waals surface area contributed by atoms with Gasteiger partial charge in [-0.2, -0.15) is 0 Å². The van der Waals surface area contributed by atoms with Gasteiger partial charge in [-0.15, -0.1) is 0 Å². The van der Waals surface area contributed by atoms with Gasteiger partial charge in [0.2, 0.25) is 17.7 Å². The van der Waals surface area contributed by atoms with Crippen LogP contribution >= 0.6 is 0 Å². The van der Waals surface area contributed by atoms with Gasteiger partial charge in [-0.1, -0.05) is 20.3 Å². The molecule has 0 aromatic heterocycles. The van der Waals surface area contributed by atoms with E-state index in [4.69, 9.17) is 10.8 Å². The summed E-state index contributed by atoms with van der Waals surface area (Å²) in [5.41, 5.74) is 5.77. The number of nitrogens with two attached hydrogens (primary N) is 1. The van der Waals surface area contributed by atoms with Crippen molar-refractivity contribution < 1.29 is 34.5 Å². The number of aliphatic carboxylic acids is 1. The second-order valence-corrected chi connectivity index (χ2v) is 6.45. The number of hydrogen-bond donors (Lipinski definition) is 7. The number of hydrogen-bond acceptors (Lipinski definition) is 7. The minimum atomic E-state index is -1.48. The number of carbonyl (C=O) groups excluding carboxylic acids is 3. The average Bonchev–Trinajstić information content (AvgIpc) is 2.61. The lowest BCUT2D eigenvalue weighted by molar-refractivity contribution is -0.142. The summed E-state index contributed by atoms with van der Waals surface area (Å²) in [6, 6.07) is -4.99. The molecule has 11 nitrogen and oxygen atoms in total. The zero-order valence-corrected chi connectivity index (χ0v) is 15.9. The topological polar surface area (TPSA) is 191 Å². The zero-order chi connectivity index (χ0) is 21.3. The first kappa shape index (κ1) is 24.8. The Morgan fingerprint density at radius 1 is 0.963 bits per heavy atom. The molecule has 0 fully saturated rings. The van der Waals surface area contributed by atoms with Gasteiger partial charge in [0.15, 0.2) is 0 Å². The van der Waals surface area contributed by atoms with Crippen LogP contribution in [0.3, 0.4) is 0 Å². The summed E-state index contributed by atoms with van der Waals surface area (Å²) in [6.07, 6.45) is -0.719. The smallest absolute Gasteiger partial charge is 0.325 e. The van der Waals surface area contributed by atoms with Crippen LogP contribution in [0.4, 0.5) is 0 Å². The van der Waals surface area contributed by atoms with E-state index in [2.05, 4.69) is 16.0 Å². The van der Waals surface area contributed by atoms with Crippen molar-refractivity contribution in [3.8, 4) is 0 Å². The molecule has 0 saturated heterocycles. The molecule has 0 aliphatic heterocycles. The number of aliphatic hydroxyl groups excluding tert-OH is 2. The third kappa shape index (κ3) is 7.89. The number of carbonyl (C=O) groups is 4. The molecule has 0 spiro atoms. The summed E-state index contributed by atoms with van der Waals surface area (Å²) in [6.45, 7) is 5.29. The third-order valence-electron chi connectivity index (χ3n) is 4.17. The van der Waals surface area contributed by atoms with Crippen LogP contribution in [0.25, 0.3) is 0 Å². The largest absolute Gasteiger partial charge is 0.480 e. The highest BCUT2D eigenvalue weighted by Gasteiger charge is 2.32. The van der Waals surface area contributed by atoms with Crippen molar-refractivity contribution in [1.29, 1.82) is 0 Å². The minimum absolute atomic E-state index is 0.152. The number of nitrogens with one attached hydrogen (secondary N) is 3. The Kier molecular flexibility index (Phi) is 10.5. The molecule has 0 aliphatic carbocycles. The van der Waals surface area contributed by atoms with Crippen molar-refractivity contribution in [1.82, 2.24) is 16.0 Å². The number of rotatable bonds is 11. The van der Waals surface area contributed by atoms with Crippen LogP contribution < -0.4 is 21.7 Å². The van der Waals surface area contributed by atoms with Crippen LogP contribution in [-0.4, -0.2) is 75.9 Å². The van der Waals surface area contributed by atoms with Crippen LogP contribution in [0.15, 0.2) is 0 Å². The van der Waals surface area contributed by atoms with Crippen molar-refractivity contribution in [3.63, 3.8) is 0 Å². The molecular weight excluding hydrogens is 360 g/mol. The van der Waals surface area contributed by atoms with Crippen molar-refractivity contribution in [3.05, 3.63) is 0 Å². The van der Waals surface area contributed by atoms with Crippen molar-refractivity contribution in [2.45, 2.75) is 64.4 Å². The van der Waals surface area contributed by atoms with E-state index < -0.39 is 60.6 Å². The number of amides is 3. The van der Waals surface area contributed by atoms with Crippen LogP contribution in [0.2, 0.25) is 0 Å². The van der Waals surface area contributed by atoms with Crippen molar-refractivity contribution in [2.75, 3.05) is 6.61 Å². The summed E-state index contributed by atoms with van der Waals surface area (Å²) < 4.78 is 0. The molecule has 27 heavy (non-hydrogen) atoms. The quantitative estimate of drug-likeness (QED) is 0.198. The van der Waals surface area contributed by atoms with Gasteiger partial charge in [0, 0.05) is 0 Å². The van der Waals surface area contributed by atoms with E-state index >= 15 is 0 Å². The average molecular weight is 390 g/mol. The molecule has 3 amide bonds. The van der Waals surface area contributed by atoms with Gasteiger partial charge in [-0.25, -0.2) is 0 Å². The van der Waals surface area contributed by atoms with E-state index in [1.54, 1.807) is 6.92 Å². The molecule has 0 aromatic carbocycles. The van der Waals surface area contributed by atoms with E-state index in [9.17, 15) is 29.4 Å². The molecule has 0 rings (SSSR count). The van der Waals surface area contributed by atoms with E-state index in [1.807, 2.05) is 6.92 Å². The van der Waals surface area contributed by atoms with Gasteiger partial charge >= 0.3 is 5.97 Å². The molecule has 0 radical (unpaired) electrons. The molecule has 0 aromatic rings. The minimum Gasteiger partial charge on any atom is -0.480 e. The molecule has 0 saturated carbocycles. The highest BCUT2D eigenvalue weighted by Crippen LogP contribution is 2.05. The Labute approximate surface area is 157 Å². The highest BCUT2D eigenvalue weighted by molar-refractivity contribution is 5.94.